The van der Waals surface area contributed by atoms with E-state index < -0.39 is 0 Å². The second-order valence-corrected chi connectivity index (χ2v) is 6.16. The van der Waals surface area contributed by atoms with E-state index in [1.54, 1.807) is 29.6 Å². The number of hydrogen-bond acceptors (Lipinski definition) is 3. The zero-order valence-electron chi connectivity index (χ0n) is 12.9. The molecule has 0 aliphatic rings. The first-order chi connectivity index (χ1) is 11.7. The summed E-state index contributed by atoms with van der Waals surface area (Å²) >= 11 is 3.42. The maximum absolute atomic E-state index is 12.6. The Balaban J connectivity index is 1.74. The number of halogens is 1. The van der Waals surface area contributed by atoms with E-state index in [0.717, 1.165) is 21.6 Å². The molecule has 0 saturated carbocycles. The van der Waals surface area contributed by atoms with Gasteiger partial charge in [-0.2, -0.15) is 0 Å². The fourth-order valence-electron chi connectivity index (χ4n) is 2.28. The average molecular weight is 386 g/mol. The van der Waals surface area contributed by atoms with Crippen molar-refractivity contribution in [3.63, 3.8) is 0 Å². The van der Waals surface area contributed by atoms with Gasteiger partial charge < -0.3 is 13.7 Å². The van der Waals surface area contributed by atoms with Crippen LogP contribution in [0.5, 0.6) is 0 Å². The maximum atomic E-state index is 12.6. The van der Waals surface area contributed by atoms with E-state index in [0.29, 0.717) is 13.1 Å². The van der Waals surface area contributed by atoms with E-state index in [1.165, 1.54) is 0 Å². The molecule has 0 radical (unpaired) electrons. The molecule has 122 valence electrons. The largest absolute Gasteiger partial charge is 0.467 e. The first-order valence-corrected chi connectivity index (χ1v) is 8.27. The molecule has 0 aliphatic heterocycles. The van der Waals surface area contributed by atoms with Crippen LogP contribution in [0.2, 0.25) is 0 Å². The number of nitrogens with zero attached hydrogens (tertiary/aromatic N) is 1. The average Bonchev–Trinajstić information content (AvgIpc) is 3.26. The van der Waals surface area contributed by atoms with Gasteiger partial charge in [-0.05, 0) is 48.0 Å². The van der Waals surface area contributed by atoms with E-state index in [4.69, 9.17) is 8.83 Å². The normalized spacial score (nSPS) is 11.0. The minimum atomic E-state index is -0.109. The molecule has 1 amide bonds. The third kappa shape index (κ3) is 4.49. The number of furan rings is 2. The summed E-state index contributed by atoms with van der Waals surface area (Å²) in [5.41, 5.74) is 0.952. The Kier molecular flexibility index (Phi) is 5.33. The SMILES string of the molecule is O=C(/C=C/c1cccc(Br)c1)N(Cc1ccco1)Cc1ccco1. The van der Waals surface area contributed by atoms with Crippen molar-refractivity contribution >= 4 is 27.9 Å². The Labute approximate surface area is 148 Å². The summed E-state index contributed by atoms with van der Waals surface area (Å²) in [6.07, 6.45) is 6.56. The second-order valence-electron chi connectivity index (χ2n) is 5.24. The lowest BCUT2D eigenvalue weighted by molar-refractivity contribution is -0.127. The van der Waals surface area contributed by atoms with Gasteiger partial charge in [-0.25, -0.2) is 0 Å². The summed E-state index contributed by atoms with van der Waals surface area (Å²) < 4.78 is 11.7. The molecule has 3 aromatic rings. The molecule has 1 aromatic carbocycles. The van der Waals surface area contributed by atoms with E-state index in [2.05, 4.69) is 15.9 Å². The predicted molar refractivity (Wildman–Crippen MR) is 94.8 cm³/mol. The third-order valence-corrected chi connectivity index (χ3v) is 3.93. The van der Waals surface area contributed by atoms with Gasteiger partial charge >= 0.3 is 0 Å². The van der Waals surface area contributed by atoms with Crippen LogP contribution in [0, 0.1) is 0 Å². The van der Waals surface area contributed by atoms with Crippen molar-refractivity contribution in [1.82, 2.24) is 4.90 Å². The first kappa shape index (κ1) is 16.3. The summed E-state index contributed by atoms with van der Waals surface area (Å²) in [5.74, 6) is 1.35. The highest BCUT2D eigenvalue weighted by Gasteiger charge is 2.15. The smallest absolute Gasteiger partial charge is 0.247 e. The molecular formula is C19H16BrNO3. The monoisotopic (exact) mass is 385 g/mol. The molecule has 0 bridgehead atoms. The van der Waals surface area contributed by atoms with E-state index in [-0.39, 0.29) is 5.91 Å². The van der Waals surface area contributed by atoms with Crippen LogP contribution < -0.4 is 0 Å². The molecule has 2 heterocycles. The number of carbonyl (C=O) groups is 1. The molecule has 0 aliphatic carbocycles. The van der Waals surface area contributed by atoms with Gasteiger partial charge in [-0.1, -0.05) is 28.1 Å². The number of rotatable bonds is 6. The van der Waals surface area contributed by atoms with Gasteiger partial charge in [0.25, 0.3) is 0 Å². The quantitative estimate of drug-likeness (QED) is 0.568. The molecule has 2 aromatic heterocycles. The van der Waals surface area contributed by atoms with Gasteiger partial charge in [0.15, 0.2) is 0 Å². The third-order valence-electron chi connectivity index (χ3n) is 3.43. The Hall–Kier alpha value is -2.53. The fraction of sp³-hybridized carbons (Fsp3) is 0.105. The fourth-order valence-corrected chi connectivity index (χ4v) is 2.69. The second kappa shape index (κ2) is 7.84. The molecule has 0 spiro atoms. The van der Waals surface area contributed by atoms with Gasteiger partial charge in [-0.15, -0.1) is 0 Å². The molecule has 0 fully saturated rings. The van der Waals surface area contributed by atoms with E-state index in [1.807, 2.05) is 48.5 Å². The minimum absolute atomic E-state index is 0.109. The minimum Gasteiger partial charge on any atom is -0.467 e. The maximum Gasteiger partial charge on any atom is 0.247 e. The highest BCUT2D eigenvalue weighted by molar-refractivity contribution is 9.10. The van der Waals surface area contributed by atoms with E-state index in [9.17, 15) is 4.79 Å². The molecule has 0 atom stereocenters. The van der Waals surface area contributed by atoms with Crippen molar-refractivity contribution in [3.8, 4) is 0 Å². The molecule has 3 rings (SSSR count). The number of benzene rings is 1. The van der Waals surface area contributed by atoms with E-state index >= 15 is 0 Å². The van der Waals surface area contributed by atoms with Crippen molar-refractivity contribution in [2.75, 3.05) is 0 Å². The standard InChI is InChI=1S/C19H16BrNO3/c20-16-5-1-4-15(12-16)8-9-19(22)21(13-17-6-2-10-23-17)14-18-7-3-11-24-18/h1-12H,13-14H2/b9-8+. The summed E-state index contributed by atoms with van der Waals surface area (Å²) in [6, 6.07) is 15.1. The highest BCUT2D eigenvalue weighted by Crippen LogP contribution is 2.15. The van der Waals surface area contributed by atoms with Crippen molar-refractivity contribution in [1.29, 1.82) is 0 Å². The zero-order valence-corrected chi connectivity index (χ0v) is 14.5. The number of carbonyl (C=O) groups excluding carboxylic acids is 1. The van der Waals surface area contributed by atoms with Crippen molar-refractivity contribution < 1.29 is 13.6 Å². The molecule has 4 nitrogen and oxygen atoms in total. The van der Waals surface area contributed by atoms with Crippen LogP contribution in [0.15, 0.2) is 80.4 Å². The van der Waals surface area contributed by atoms with Crippen LogP contribution >= 0.6 is 15.9 Å². The van der Waals surface area contributed by atoms with Crippen LogP contribution in [0.4, 0.5) is 0 Å². The molecule has 0 unspecified atom stereocenters. The van der Waals surface area contributed by atoms with Crippen molar-refractivity contribution in [2.24, 2.45) is 0 Å². The summed E-state index contributed by atoms with van der Waals surface area (Å²) in [5, 5.41) is 0. The van der Waals surface area contributed by atoms with Gasteiger partial charge in [0.1, 0.15) is 11.5 Å². The van der Waals surface area contributed by atoms with Crippen LogP contribution in [0.1, 0.15) is 17.1 Å². The summed E-state index contributed by atoms with van der Waals surface area (Å²) in [7, 11) is 0. The van der Waals surface area contributed by atoms with Crippen LogP contribution in [0.3, 0.4) is 0 Å². The first-order valence-electron chi connectivity index (χ1n) is 7.48. The molecule has 0 N–H and O–H groups in total. The summed E-state index contributed by atoms with van der Waals surface area (Å²) in [6.45, 7) is 0.769. The zero-order chi connectivity index (χ0) is 16.8. The molecule has 5 heteroatoms. The van der Waals surface area contributed by atoms with Crippen molar-refractivity contribution in [3.05, 3.63) is 88.7 Å². The highest BCUT2D eigenvalue weighted by atomic mass is 79.9. The Morgan fingerprint density at radius 2 is 1.67 bits per heavy atom. The lowest BCUT2D eigenvalue weighted by Gasteiger charge is -2.18. The van der Waals surface area contributed by atoms with Crippen LogP contribution in [0.25, 0.3) is 6.08 Å². The lowest BCUT2D eigenvalue weighted by atomic mass is 10.2. The summed E-state index contributed by atoms with van der Waals surface area (Å²) in [4.78, 5) is 14.3. The van der Waals surface area contributed by atoms with Crippen LogP contribution in [-0.2, 0) is 17.9 Å². The topological polar surface area (TPSA) is 46.6 Å². The van der Waals surface area contributed by atoms with Gasteiger partial charge in [-0.3, -0.25) is 4.79 Å². The Bertz CT molecular complexity index is 771. The van der Waals surface area contributed by atoms with Gasteiger partial charge in [0.05, 0.1) is 25.6 Å². The van der Waals surface area contributed by atoms with Crippen LogP contribution in [-0.4, -0.2) is 10.8 Å². The number of hydrogen-bond donors (Lipinski definition) is 0. The van der Waals surface area contributed by atoms with Crippen molar-refractivity contribution in [2.45, 2.75) is 13.1 Å². The molecule has 0 saturated heterocycles. The Morgan fingerprint density at radius 1 is 1.00 bits per heavy atom. The predicted octanol–water partition coefficient (Wildman–Crippen LogP) is 4.88. The number of amides is 1. The van der Waals surface area contributed by atoms with Gasteiger partial charge in [0, 0.05) is 10.5 Å². The Morgan fingerprint density at radius 3 is 2.21 bits per heavy atom. The van der Waals surface area contributed by atoms with Gasteiger partial charge in [0.2, 0.25) is 5.91 Å². The lowest BCUT2D eigenvalue weighted by Crippen LogP contribution is -2.28. The molecule has 24 heavy (non-hydrogen) atoms. The molecular weight excluding hydrogens is 370 g/mol.